The number of sulfone groups is 1. The quantitative estimate of drug-likeness (QED) is 0.601. The van der Waals surface area contributed by atoms with Crippen LogP contribution in [-0.4, -0.2) is 59.2 Å². The van der Waals surface area contributed by atoms with Crippen LogP contribution in [0.2, 0.25) is 5.02 Å². The van der Waals surface area contributed by atoms with Crippen molar-refractivity contribution in [1.82, 2.24) is 15.1 Å². The minimum absolute atomic E-state index is 0.0217. The maximum Gasteiger partial charge on any atom is 0.273 e. The number of carbonyl (C=O) groups is 1. The Balaban J connectivity index is 1.69. The Kier molecular flexibility index (Phi) is 4.90. The van der Waals surface area contributed by atoms with Gasteiger partial charge in [0.2, 0.25) is 0 Å². The number of ether oxygens (including phenoxy) is 1. The molecule has 1 fully saturated rings. The highest BCUT2D eigenvalue weighted by Gasteiger charge is 2.48. The van der Waals surface area contributed by atoms with Gasteiger partial charge >= 0.3 is 0 Å². The number of nitrogens with one attached hydrogen (secondary N) is 1. The molecule has 8 nitrogen and oxygen atoms in total. The first-order valence-electron chi connectivity index (χ1n) is 10.0. The van der Waals surface area contributed by atoms with E-state index in [0.717, 1.165) is 5.56 Å². The molecular formula is C22H20ClN3O5S. The molecule has 3 aromatic rings. The SMILES string of the molecule is COc1ccc(C2c3c(-c4cc(Cl)ccc4O)n[nH]c3C(=O)N2C2CCS(=O)(=O)C2)cc1. The summed E-state index contributed by atoms with van der Waals surface area (Å²) in [7, 11) is -1.65. The van der Waals surface area contributed by atoms with Crippen molar-refractivity contribution >= 4 is 27.3 Å². The third kappa shape index (κ3) is 3.32. The number of aromatic amines is 1. The van der Waals surface area contributed by atoms with Crippen LogP contribution in [0.1, 0.15) is 34.1 Å². The summed E-state index contributed by atoms with van der Waals surface area (Å²) >= 11 is 6.16. The van der Waals surface area contributed by atoms with Crippen molar-refractivity contribution < 1.29 is 23.1 Å². The summed E-state index contributed by atoms with van der Waals surface area (Å²) in [6.07, 6.45) is 0.371. The molecule has 32 heavy (non-hydrogen) atoms. The Hall–Kier alpha value is -3.04. The first-order chi connectivity index (χ1) is 15.3. The molecule has 2 aliphatic heterocycles. The summed E-state index contributed by atoms with van der Waals surface area (Å²) in [6.45, 7) is 0. The number of aromatic hydroxyl groups is 1. The van der Waals surface area contributed by atoms with E-state index >= 15 is 0 Å². The van der Waals surface area contributed by atoms with Gasteiger partial charge in [-0.15, -0.1) is 0 Å². The lowest BCUT2D eigenvalue weighted by molar-refractivity contribution is 0.0677. The summed E-state index contributed by atoms with van der Waals surface area (Å²) in [5.74, 6) is 0.286. The fraction of sp³-hybridized carbons (Fsp3) is 0.273. The number of hydrogen-bond acceptors (Lipinski definition) is 6. The van der Waals surface area contributed by atoms with Crippen molar-refractivity contribution in [3.63, 3.8) is 0 Å². The van der Waals surface area contributed by atoms with Crippen LogP contribution in [0.4, 0.5) is 0 Å². The molecule has 10 heteroatoms. The van der Waals surface area contributed by atoms with E-state index in [9.17, 15) is 18.3 Å². The first-order valence-corrected chi connectivity index (χ1v) is 12.2. The van der Waals surface area contributed by atoms with E-state index in [0.29, 0.717) is 34.0 Å². The molecule has 1 amide bonds. The van der Waals surface area contributed by atoms with E-state index in [1.54, 1.807) is 36.3 Å². The highest BCUT2D eigenvalue weighted by molar-refractivity contribution is 7.91. The second-order valence-corrected chi connectivity index (χ2v) is 10.6. The average molecular weight is 474 g/mol. The topological polar surface area (TPSA) is 113 Å². The summed E-state index contributed by atoms with van der Waals surface area (Å²) in [5.41, 5.74) is 2.44. The van der Waals surface area contributed by atoms with Gasteiger partial charge in [0.1, 0.15) is 22.9 Å². The van der Waals surface area contributed by atoms with Gasteiger partial charge in [0.25, 0.3) is 5.91 Å². The summed E-state index contributed by atoms with van der Waals surface area (Å²) in [4.78, 5) is 15.1. The van der Waals surface area contributed by atoms with Crippen molar-refractivity contribution in [2.45, 2.75) is 18.5 Å². The highest BCUT2D eigenvalue weighted by atomic mass is 35.5. The van der Waals surface area contributed by atoms with Crippen LogP contribution >= 0.6 is 11.6 Å². The van der Waals surface area contributed by atoms with Crippen LogP contribution in [0.3, 0.4) is 0 Å². The fourth-order valence-electron chi connectivity index (χ4n) is 4.55. The van der Waals surface area contributed by atoms with Crippen LogP contribution < -0.4 is 4.74 Å². The number of nitrogens with zero attached hydrogens (tertiary/aromatic N) is 2. The molecule has 2 unspecified atom stereocenters. The average Bonchev–Trinajstić information content (AvgIpc) is 3.43. The number of amides is 1. The molecule has 0 saturated carbocycles. The van der Waals surface area contributed by atoms with Gasteiger partial charge in [-0.25, -0.2) is 8.42 Å². The Morgan fingerprint density at radius 2 is 1.97 bits per heavy atom. The van der Waals surface area contributed by atoms with Crippen LogP contribution in [0.15, 0.2) is 42.5 Å². The number of H-pyrrole nitrogens is 1. The zero-order valence-corrected chi connectivity index (χ0v) is 18.7. The van der Waals surface area contributed by atoms with Crippen molar-refractivity contribution in [3.05, 3.63) is 64.3 Å². The minimum atomic E-state index is -3.21. The van der Waals surface area contributed by atoms with Crippen molar-refractivity contribution in [3.8, 4) is 22.8 Å². The number of phenolic OH excluding ortho intramolecular Hbond substituents is 1. The van der Waals surface area contributed by atoms with Crippen LogP contribution in [0, 0.1) is 0 Å². The number of fused-ring (bicyclic) bond motifs is 1. The number of rotatable bonds is 4. The minimum Gasteiger partial charge on any atom is -0.507 e. The van der Waals surface area contributed by atoms with Gasteiger partial charge in [0.05, 0.1) is 24.7 Å². The van der Waals surface area contributed by atoms with Crippen LogP contribution in [0.5, 0.6) is 11.5 Å². The van der Waals surface area contributed by atoms with Crippen molar-refractivity contribution in [2.75, 3.05) is 18.6 Å². The second-order valence-electron chi connectivity index (χ2n) is 7.97. The Morgan fingerprint density at radius 1 is 1.22 bits per heavy atom. The van der Waals surface area contributed by atoms with Crippen molar-refractivity contribution in [2.24, 2.45) is 0 Å². The predicted octanol–water partition coefficient (Wildman–Crippen LogP) is 3.18. The maximum absolute atomic E-state index is 13.4. The molecule has 1 aromatic heterocycles. The number of benzene rings is 2. The molecule has 0 bridgehead atoms. The first kappa shape index (κ1) is 20.8. The highest BCUT2D eigenvalue weighted by Crippen LogP contribution is 2.47. The van der Waals surface area contributed by atoms with E-state index in [4.69, 9.17) is 16.3 Å². The lowest BCUT2D eigenvalue weighted by Gasteiger charge is -2.31. The predicted molar refractivity (Wildman–Crippen MR) is 119 cm³/mol. The number of halogens is 1. The van der Waals surface area contributed by atoms with Gasteiger partial charge < -0.3 is 14.7 Å². The summed E-state index contributed by atoms with van der Waals surface area (Å²) < 4.78 is 29.6. The monoisotopic (exact) mass is 473 g/mol. The van der Waals surface area contributed by atoms with Gasteiger partial charge in [-0.1, -0.05) is 23.7 Å². The molecule has 0 spiro atoms. The molecule has 2 atom stereocenters. The standard InChI is InChI=1S/C22H20ClN3O5S/c1-31-15-5-2-12(3-6-15)21-18-19(16-10-13(23)4-7-17(16)27)24-25-20(18)22(28)26(21)14-8-9-32(29,30)11-14/h2-7,10,14,21,27H,8-9,11H2,1H3,(H,24,25). The van der Waals surface area contributed by atoms with E-state index in [1.807, 2.05) is 12.1 Å². The van der Waals surface area contributed by atoms with Crippen molar-refractivity contribution in [1.29, 1.82) is 0 Å². The molecular weight excluding hydrogens is 454 g/mol. The maximum atomic E-state index is 13.4. The Labute approximate surface area is 189 Å². The van der Waals surface area contributed by atoms with E-state index in [-0.39, 0.29) is 28.9 Å². The molecule has 166 valence electrons. The van der Waals surface area contributed by atoms with Crippen LogP contribution in [-0.2, 0) is 9.84 Å². The Morgan fingerprint density at radius 3 is 2.62 bits per heavy atom. The van der Waals surface area contributed by atoms with E-state index in [1.165, 1.54) is 6.07 Å². The zero-order valence-electron chi connectivity index (χ0n) is 17.1. The summed E-state index contributed by atoms with van der Waals surface area (Å²) in [5, 5.41) is 18.0. The molecule has 3 heterocycles. The van der Waals surface area contributed by atoms with Crippen LogP contribution in [0.25, 0.3) is 11.3 Å². The van der Waals surface area contributed by atoms with Gasteiger partial charge in [0.15, 0.2) is 9.84 Å². The molecule has 0 aliphatic carbocycles. The van der Waals surface area contributed by atoms with Gasteiger partial charge in [-0.05, 0) is 42.3 Å². The lowest BCUT2D eigenvalue weighted by Crippen LogP contribution is -2.40. The largest absolute Gasteiger partial charge is 0.507 e. The molecule has 2 N–H and O–H groups in total. The van der Waals surface area contributed by atoms with E-state index in [2.05, 4.69) is 10.2 Å². The number of hydrogen-bond donors (Lipinski definition) is 2. The normalized spacial score (nSPS) is 21.7. The number of aromatic nitrogens is 2. The van der Waals surface area contributed by atoms with Gasteiger partial charge in [-0.3, -0.25) is 9.89 Å². The molecule has 0 radical (unpaired) electrons. The summed E-state index contributed by atoms with van der Waals surface area (Å²) in [6, 6.07) is 10.9. The smallest absolute Gasteiger partial charge is 0.273 e. The fourth-order valence-corrected chi connectivity index (χ4v) is 6.44. The zero-order chi connectivity index (χ0) is 22.6. The Bertz CT molecular complexity index is 1320. The third-order valence-corrected chi connectivity index (χ3v) is 8.04. The number of phenols is 1. The van der Waals surface area contributed by atoms with E-state index < -0.39 is 21.9 Å². The number of methoxy groups -OCH3 is 1. The van der Waals surface area contributed by atoms with Gasteiger partial charge in [-0.2, -0.15) is 5.10 Å². The number of carbonyl (C=O) groups excluding carboxylic acids is 1. The molecule has 2 aliphatic rings. The molecule has 5 rings (SSSR count). The third-order valence-electron chi connectivity index (χ3n) is 6.05. The lowest BCUT2D eigenvalue weighted by atomic mass is 9.95. The second kappa shape index (κ2) is 7.53. The molecule has 2 aromatic carbocycles. The van der Waals surface area contributed by atoms with Gasteiger partial charge in [0, 0.05) is 22.2 Å². The molecule has 1 saturated heterocycles.